The SMILES string of the molecule is COc1ccc(/C=C/C(=O)c2cnn(C)c2)cc1COc1cccc(Br)c1. The van der Waals surface area contributed by atoms with Crippen LogP contribution in [-0.2, 0) is 13.7 Å². The van der Waals surface area contributed by atoms with Crippen LogP contribution >= 0.6 is 15.9 Å². The van der Waals surface area contributed by atoms with E-state index in [0.29, 0.717) is 12.2 Å². The summed E-state index contributed by atoms with van der Waals surface area (Å²) in [6.07, 6.45) is 6.56. The van der Waals surface area contributed by atoms with Gasteiger partial charge >= 0.3 is 0 Å². The fourth-order valence-electron chi connectivity index (χ4n) is 2.55. The minimum atomic E-state index is -0.0918. The third-order valence-electron chi connectivity index (χ3n) is 3.91. The van der Waals surface area contributed by atoms with E-state index in [0.717, 1.165) is 27.1 Å². The molecule has 3 aromatic rings. The lowest BCUT2D eigenvalue weighted by Gasteiger charge is -2.11. The number of rotatable bonds is 7. The summed E-state index contributed by atoms with van der Waals surface area (Å²) in [7, 11) is 3.40. The van der Waals surface area contributed by atoms with Crippen LogP contribution in [0.3, 0.4) is 0 Å². The van der Waals surface area contributed by atoms with Gasteiger partial charge in [-0.05, 0) is 42.0 Å². The van der Waals surface area contributed by atoms with Gasteiger partial charge in [0.1, 0.15) is 18.1 Å². The van der Waals surface area contributed by atoms with E-state index < -0.39 is 0 Å². The molecule has 138 valence electrons. The molecular formula is C21H19BrN2O3. The summed E-state index contributed by atoms with van der Waals surface area (Å²) in [4.78, 5) is 12.2. The number of methoxy groups -OCH3 is 1. The van der Waals surface area contributed by atoms with E-state index in [-0.39, 0.29) is 5.78 Å². The maximum atomic E-state index is 12.2. The van der Waals surface area contributed by atoms with Gasteiger partial charge < -0.3 is 9.47 Å². The number of nitrogens with zero attached hydrogens (tertiary/aromatic N) is 2. The molecule has 0 unspecified atom stereocenters. The van der Waals surface area contributed by atoms with E-state index in [1.807, 2.05) is 42.5 Å². The maximum Gasteiger partial charge on any atom is 0.189 e. The highest BCUT2D eigenvalue weighted by Crippen LogP contribution is 2.24. The molecule has 6 heteroatoms. The molecule has 27 heavy (non-hydrogen) atoms. The molecule has 0 aliphatic rings. The summed E-state index contributed by atoms with van der Waals surface area (Å²) in [6.45, 7) is 0.359. The number of carbonyl (C=O) groups excluding carboxylic acids is 1. The van der Waals surface area contributed by atoms with Crippen molar-refractivity contribution in [3.8, 4) is 11.5 Å². The normalized spacial score (nSPS) is 10.9. The zero-order valence-corrected chi connectivity index (χ0v) is 16.6. The second-order valence-corrected chi connectivity index (χ2v) is 6.83. The molecule has 0 spiro atoms. The molecule has 0 aliphatic carbocycles. The number of halogens is 1. The van der Waals surface area contributed by atoms with E-state index in [2.05, 4.69) is 21.0 Å². The lowest BCUT2D eigenvalue weighted by atomic mass is 10.1. The average molecular weight is 427 g/mol. The van der Waals surface area contributed by atoms with Crippen LogP contribution in [0.1, 0.15) is 21.5 Å². The minimum absolute atomic E-state index is 0.0918. The van der Waals surface area contributed by atoms with Gasteiger partial charge in [-0.2, -0.15) is 5.10 Å². The molecule has 2 aromatic carbocycles. The monoisotopic (exact) mass is 426 g/mol. The molecule has 0 fully saturated rings. The third kappa shape index (κ3) is 5.08. The highest BCUT2D eigenvalue weighted by Gasteiger charge is 2.07. The van der Waals surface area contributed by atoms with E-state index in [4.69, 9.17) is 9.47 Å². The molecule has 0 aliphatic heterocycles. The second-order valence-electron chi connectivity index (χ2n) is 5.92. The highest BCUT2D eigenvalue weighted by atomic mass is 79.9. The van der Waals surface area contributed by atoms with Crippen LogP contribution in [0.15, 0.2) is 65.4 Å². The lowest BCUT2D eigenvalue weighted by Crippen LogP contribution is -1.99. The Morgan fingerprint density at radius 2 is 2.11 bits per heavy atom. The van der Waals surface area contributed by atoms with Crippen LogP contribution in [-0.4, -0.2) is 22.7 Å². The topological polar surface area (TPSA) is 53.3 Å². The number of ether oxygens (including phenoxy) is 2. The van der Waals surface area contributed by atoms with Gasteiger partial charge in [0, 0.05) is 23.3 Å². The van der Waals surface area contributed by atoms with E-state index in [1.54, 1.807) is 37.3 Å². The molecule has 0 atom stereocenters. The summed E-state index contributed by atoms with van der Waals surface area (Å²) < 4.78 is 13.8. The van der Waals surface area contributed by atoms with E-state index >= 15 is 0 Å². The van der Waals surface area contributed by atoms with Crippen molar-refractivity contribution in [3.63, 3.8) is 0 Å². The number of allylic oxidation sites excluding steroid dienone is 1. The molecule has 1 heterocycles. The summed E-state index contributed by atoms with van der Waals surface area (Å²) in [5.41, 5.74) is 2.34. The number of aromatic nitrogens is 2. The van der Waals surface area contributed by atoms with Gasteiger partial charge in [-0.25, -0.2) is 0 Å². The van der Waals surface area contributed by atoms with Gasteiger partial charge in [-0.3, -0.25) is 9.48 Å². The fraction of sp³-hybridized carbons (Fsp3) is 0.143. The number of aryl methyl sites for hydroxylation is 1. The average Bonchev–Trinajstić information content (AvgIpc) is 3.11. The van der Waals surface area contributed by atoms with Gasteiger partial charge in [0.15, 0.2) is 5.78 Å². The van der Waals surface area contributed by atoms with Crippen LogP contribution in [0, 0.1) is 0 Å². The molecule has 0 saturated heterocycles. The number of hydrogen-bond acceptors (Lipinski definition) is 4. The largest absolute Gasteiger partial charge is 0.496 e. The van der Waals surface area contributed by atoms with Crippen molar-refractivity contribution >= 4 is 27.8 Å². The first-order chi connectivity index (χ1) is 13.0. The van der Waals surface area contributed by atoms with Crippen molar-refractivity contribution in [1.82, 2.24) is 9.78 Å². The Kier molecular flexibility index (Phi) is 6.08. The predicted octanol–water partition coefficient (Wildman–Crippen LogP) is 4.67. The third-order valence-corrected chi connectivity index (χ3v) is 4.40. The van der Waals surface area contributed by atoms with Gasteiger partial charge in [0.05, 0.1) is 18.9 Å². The van der Waals surface area contributed by atoms with E-state index in [9.17, 15) is 4.79 Å². The molecule has 0 saturated carbocycles. The summed E-state index contributed by atoms with van der Waals surface area (Å²) >= 11 is 3.43. The van der Waals surface area contributed by atoms with Crippen molar-refractivity contribution in [2.45, 2.75) is 6.61 Å². The van der Waals surface area contributed by atoms with Crippen LogP contribution in [0.2, 0.25) is 0 Å². The van der Waals surface area contributed by atoms with Crippen molar-refractivity contribution in [1.29, 1.82) is 0 Å². The number of ketones is 1. The van der Waals surface area contributed by atoms with Gasteiger partial charge in [0.2, 0.25) is 0 Å². The Balaban J connectivity index is 1.74. The zero-order chi connectivity index (χ0) is 19.2. The number of carbonyl (C=O) groups is 1. The van der Waals surface area contributed by atoms with Crippen molar-refractivity contribution in [3.05, 3.63) is 82.1 Å². The van der Waals surface area contributed by atoms with Crippen molar-refractivity contribution < 1.29 is 14.3 Å². The molecule has 0 N–H and O–H groups in total. The Morgan fingerprint density at radius 3 is 2.81 bits per heavy atom. The molecule has 0 bridgehead atoms. The molecular weight excluding hydrogens is 408 g/mol. The first kappa shape index (κ1) is 18.9. The number of hydrogen-bond donors (Lipinski definition) is 0. The Bertz CT molecular complexity index is 979. The smallest absolute Gasteiger partial charge is 0.189 e. The first-order valence-corrected chi connectivity index (χ1v) is 9.11. The second kappa shape index (κ2) is 8.68. The van der Waals surface area contributed by atoms with Gasteiger partial charge in [-0.15, -0.1) is 0 Å². The van der Waals surface area contributed by atoms with Crippen molar-refractivity contribution in [2.24, 2.45) is 7.05 Å². The quantitative estimate of drug-likeness (QED) is 0.406. The maximum absolute atomic E-state index is 12.2. The van der Waals surface area contributed by atoms with Crippen LogP contribution < -0.4 is 9.47 Å². The Morgan fingerprint density at radius 1 is 1.26 bits per heavy atom. The first-order valence-electron chi connectivity index (χ1n) is 8.31. The van der Waals surface area contributed by atoms with Crippen molar-refractivity contribution in [2.75, 3.05) is 7.11 Å². The summed E-state index contributed by atoms with van der Waals surface area (Å²) in [5, 5.41) is 4.01. The predicted molar refractivity (Wildman–Crippen MR) is 108 cm³/mol. The van der Waals surface area contributed by atoms with Crippen LogP contribution in [0.25, 0.3) is 6.08 Å². The van der Waals surface area contributed by atoms with Crippen LogP contribution in [0.5, 0.6) is 11.5 Å². The molecule has 1 aromatic heterocycles. The van der Waals surface area contributed by atoms with Gasteiger partial charge in [0.25, 0.3) is 0 Å². The number of benzene rings is 2. The van der Waals surface area contributed by atoms with E-state index in [1.165, 1.54) is 6.08 Å². The van der Waals surface area contributed by atoms with Crippen LogP contribution in [0.4, 0.5) is 0 Å². The standard InChI is InChI=1S/C21H19BrN2O3/c1-24-13-17(12-23-24)20(25)8-6-15-7-9-21(26-2)16(10-15)14-27-19-5-3-4-18(22)11-19/h3-13H,14H2,1-2H3/b8-6+. The summed E-state index contributed by atoms with van der Waals surface area (Å²) in [6, 6.07) is 13.4. The molecule has 0 amide bonds. The molecule has 5 nitrogen and oxygen atoms in total. The Hall–Kier alpha value is -2.86. The lowest BCUT2D eigenvalue weighted by molar-refractivity contribution is 0.104. The fourth-order valence-corrected chi connectivity index (χ4v) is 2.93. The van der Waals surface area contributed by atoms with Gasteiger partial charge in [-0.1, -0.05) is 34.1 Å². The zero-order valence-electron chi connectivity index (χ0n) is 15.1. The molecule has 3 rings (SSSR count). The Labute approximate surface area is 166 Å². The summed E-state index contributed by atoms with van der Waals surface area (Å²) in [5.74, 6) is 1.41. The highest BCUT2D eigenvalue weighted by molar-refractivity contribution is 9.10. The molecule has 0 radical (unpaired) electrons. The minimum Gasteiger partial charge on any atom is -0.496 e.